The zero-order valence-electron chi connectivity index (χ0n) is 40.6. The van der Waals surface area contributed by atoms with E-state index in [0.717, 1.165) is 103 Å². The van der Waals surface area contributed by atoms with Gasteiger partial charge >= 0.3 is 17.9 Å². The van der Waals surface area contributed by atoms with Gasteiger partial charge in [-0.2, -0.15) is 0 Å². The Balaban J connectivity index is 4.35. The van der Waals surface area contributed by atoms with Crippen molar-refractivity contribution in [3.63, 3.8) is 0 Å². The lowest BCUT2D eigenvalue weighted by Gasteiger charge is -2.18. The quantitative estimate of drug-likeness (QED) is 0.0262. The van der Waals surface area contributed by atoms with E-state index < -0.39 is 6.10 Å². The van der Waals surface area contributed by atoms with Crippen LogP contribution in [0.2, 0.25) is 0 Å². The number of unbranched alkanes of at least 4 members (excludes halogenated alkanes) is 23. The molecular weight excluding hydrogens is 769 g/mol. The number of hydrogen-bond acceptors (Lipinski definition) is 6. The van der Waals surface area contributed by atoms with Gasteiger partial charge in [-0.1, -0.05) is 203 Å². The van der Waals surface area contributed by atoms with Crippen molar-refractivity contribution in [2.45, 2.75) is 252 Å². The second-order valence-electron chi connectivity index (χ2n) is 17.0. The van der Waals surface area contributed by atoms with Gasteiger partial charge in [0.1, 0.15) is 13.2 Å². The Morgan fingerprint density at radius 3 is 1.00 bits per heavy atom. The minimum Gasteiger partial charge on any atom is -0.462 e. The van der Waals surface area contributed by atoms with E-state index in [9.17, 15) is 14.4 Å². The molecule has 0 bridgehead atoms. The molecule has 0 N–H and O–H groups in total. The summed E-state index contributed by atoms with van der Waals surface area (Å²) in [6.45, 7) is 6.37. The van der Waals surface area contributed by atoms with Gasteiger partial charge in [-0.15, -0.1) is 0 Å². The summed E-state index contributed by atoms with van der Waals surface area (Å²) in [5, 5.41) is 0. The Bertz CT molecular complexity index is 1180. The molecule has 0 aliphatic heterocycles. The van der Waals surface area contributed by atoms with Crippen molar-refractivity contribution >= 4 is 17.9 Å². The first-order valence-electron chi connectivity index (χ1n) is 25.9. The molecule has 0 aromatic rings. The van der Waals surface area contributed by atoms with Crippen LogP contribution in [0.3, 0.4) is 0 Å². The van der Waals surface area contributed by atoms with Gasteiger partial charge in [0.15, 0.2) is 6.10 Å². The highest BCUT2D eigenvalue weighted by molar-refractivity contribution is 5.71. The maximum absolute atomic E-state index is 12.8. The highest BCUT2D eigenvalue weighted by Gasteiger charge is 2.19. The van der Waals surface area contributed by atoms with E-state index in [1.807, 2.05) is 0 Å². The highest BCUT2D eigenvalue weighted by atomic mass is 16.6. The summed E-state index contributed by atoms with van der Waals surface area (Å²) in [6.07, 6.45) is 63.1. The second-order valence-corrected chi connectivity index (χ2v) is 17.0. The maximum Gasteiger partial charge on any atom is 0.306 e. The van der Waals surface area contributed by atoms with Crippen LogP contribution in [0.4, 0.5) is 0 Å². The standard InChI is InChI=1S/C56H96O6/c1-4-7-10-13-16-19-22-24-26-27-28-29-30-32-34-37-40-43-46-49-55(58)61-52-53(51-60-54(57)48-45-42-39-36-33-21-18-15-12-9-6-3)62-56(59)50-47-44-41-38-35-31-25-23-20-17-14-11-8-5-2/h7-8,10-11,15-20,24,26,53H,4-6,9,12-14,21-23,25,27-52H2,1-3H3/b10-7-,11-8-,18-15-,19-16-,20-17-,26-24-. The van der Waals surface area contributed by atoms with Crippen LogP contribution >= 0.6 is 0 Å². The molecule has 1 unspecified atom stereocenters. The van der Waals surface area contributed by atoms with Crippen molar-refractivity contribution in [2.24, 2.45) is 0 Å². The number of hydrogen-bond donors (Lipinski definition) is 0. The van der Waals surface area contributed by atoms with E-state index in [1.165, 1.54) is 103 Å². The van der Waals surface area contributed by atoms with Crippen LogP contribution < -0.4 is 0 Å². The number of rotatable bonds is 46. The smallest absolute Gasteiger partial charge is 0.306 e. The fourth-order valence-electron chi connectivity index (χ4n) is 7.06. The van der Waals surface area contributed by atoms with Crippen LogP contribution in [0.5, 0.6) is 0 Å². The molecular formula is C56H96O6. The molecule has 356 valence electrons. The Hall–Kier alpha value is -3.15. The molecule has 0 aliphatic rings. The monoisotopic (exact) mass is 865 g/mol. The van der Waals surface area contributed by atoms with Gasteiger partial charge in [0.2, 0.25) is 0 Å². The largest absolute Gasteiger partial charge is 0.462 e. The molecule has 0 saturated heterocycles. The normalized spacial score (nSPS) is 12.6. The molecule has 0 aliphatic carbocycles. The molecule has 0 aromatic carbocycles. The van der Waals surface area contributed by atoms with Crippen LogP contribution in [0.15, 0.2) is 72.9 Å². The molecule has 62 heavy (non-hydrogen) atoms. The maximum atomic E-state index is 12.8. The van der Waals surface area contributed by atoms with Gasteiger partial charge in [0.25, 0.3) is 0 Å². The van der Waals surface area contributed by atoms with Crippen molar-refractivity contribution in [2.75, 3.05) is 13.2 Å². The van der Waals surface area contributed by atoms with Crippen molar-refractivity contribution in [3.05, 3.63) is 72.9 Å². The third-order valence-corrected chi connectivity index (χ3v) is 10.9. The minimum atomic E-state index is -0.784. The van der Waals surface area contributed by atoms with Crippen LogP contribution in [0.1, 0.15) is 245 Å². The Labute approximate surface area is 382 Å². The number of ether oxygens (including phenoxy) is 3. The molecule has 0 rings (SSSR count). The van der Waals surface area contributed by atoms with Crippen LogP contribution in [-0.2, 0) is 28.6 Å². The molecule has 0 heterocycles. The summed E-state index contributed by atoms with van der Waals surface area (Å²) in [4.78, 5) is 38.0. The predicted octanol–water partition coefficient (Wildman–Crippen LogP) is 17.0. The predicted molar refractivity (Wildman–Crippen MR) is 265 cm³/mol. The molecule has 0 spiro atoms. The van der Waals surface area contributed by atoms with E-state index in [0.29, 0.717) is 19.3 Å². The third kappa shape index (κ3) is 47.9. The fraction of sp³-hybridized carbons (Fsp3) is 0.732. The lowest BCUT2D eigenvalue weighted by atomic mass is 10.1. The SMILES string of the molecule is CC/C=C\C/C=C\C/C=C\CCCCCCCCCCCC(=O)OCC(COC(=O)CCCCCCC/C=C\CCCC)OC(=O)CCCCCCCCC/C=C\C/C=C\CC. The first kappa shape index (κ1) is 58.9. The average Bonchev–Trinajstić information content (AvgIpc) is 3.27. The zero-order chi connectivity index (χ0) is 45.1. The summed E-state index contributed by atoms with van der Waals surface area (Å²) in [5.74, 6) is -0.906. The molecule has 0 fully saturated rings. The third-order valence-electron chi connectivity index (χ3n) is 10.9. The molecule has 0 saturated carbocycles. The van der Waals surface area contributed by atoms with Crippen LogP contribution in [0, 0.1) is 0 Å². The summed E-state index contributed by atoms with van der Waals surface area (Å²) >= 11 is 0. The first-order chi connectivity index (χ1) is 30.5. The van der Waals surface area contributed by atoms with Crippen molar-refractivity contribution in [1.82, 2.24) is 0 Å². The van der Waals surface area contributed by atoms with E-state index in [1.54, 1.807) is 0 Å². The molecule has 0 radical (unpaired) electrons. The topological polar surface area (TPSA) is 78.9 Å². The van der Waals surface area contributed by atoms with Gasteiger partial charge in [-0.25, -0.2) is 0 Å². The van der Waals surface area contributed by atoms with Crippen LogP contribution in [0.25, 0.3) is 0 Å². The molecule has 6 heteroatoms. The first-order valence-corrected chi connectivity index (χ1v) is 25.9. The summed E-state index contributed by atoms with van der Waals surface area (Å²) in [7, 11) is 0. The fourth-order valence-corrected chi connectivity index (χ4v) is 7.06. The summed E-state index contributed by atoms with van der Waals surface area (Å²) in [6, 6.07) is 0. The summed E-state index contributed by atoms with van der Waals surface area (Å²) < 4.78 is 16.8. The number of allylic oxidation sites excluding steroid dienone is 12. The van der Waals surface area contributed by atoms with Gasteiger partial charge in [-0.05, 0) is 96.3 Å². The number of carbonyl (C=O) groups is 3. The van der Waals surface area contributed by atoms with Crippen molar-refractivity contribution < 1.29 is 28.6 Å². The second kappa shape index (κ2) is 50.5. The molecule has 1 atom stereocenters. The number of esters is 3. The minimum absolute atomic E-state index is 0.0842. The van der Waals surface area contributed by atoms with Crippen LogP contribution in [-0.4, -0.2) is 37.2 Å². The number of carbonyl (C=O) groups excluding carboxylic acids is 3. The average molecular weight is 865 g/mol. The van der Waals surface area contributed by atoms with Gasteiger partial charge in [0, 0.05) is 19.3 Å². The van der Waals surface area contributed by atoms with Gasteiger partial charge < -0.3 is 14.2 Å². The van der Waals surface area contributed by atoms with E-state index >= 15 is 0 Å². The van der Waals surface area contributed by atoms with E-state index in [4.69, 9.17) is 14.2 Å². The van der Waals surface area contributed by atoms with Crippen molar-refractivity contribution in [3.8, 4) is 0 Å². The van der Waals surface area contributed by atoms with E-state index in [2.05, 4.69) is 93.7 Å². The Morgan fingerprint density at radius 1 is 0.339 bits per heavy atom. The van der Waals surface area contributed by atoms with Crippen molar-refractivity contribution in [1.29, 1.82) is 0 Å². The molecule has 6 nitrogen and oxygen atoms in total. The Morgan fingerprint density at radius 2 is 0.629 bits per heavy atom. The zero-order valence-corrected chi connectivity index (χ0v) is 40.6. The lowest BCUT2D eigenvalue weighted by molar-refractivity contribution is -0.167. The van der Waals surface area contributed by atoms with Gasteiger partial charge in [-0.3, -0.25) is 14.4 Å². The summed E-state index contributed by atoms with van der Waals surface area (Å²) in [5.41, 5.74) is 0. The highest BCUT2D eigenvalue weighted by Crippen LogP contribution is 2.15. The lowest BCUT2D eigenvalue weighted by Crippen LogP contribution is -2.30. The van der Waals surface area contributed by atoms with Gasteiger partial charge in [0.05, 0.1) is 0 Å². The molecule has 0 amide bonds. The molecule has 0 aromatic heterocycles. The Kier molecular flexibility index (Phi) is 47.9. The van der Waals surface area contributed by atoms with E-state index in [-0.39, 0.29) is 31.1 Å².